The van der Waals surface area contributed by atoms with Crippen molar-refractivity contribution in [2.75, 3.05) is 26.3 Å². The molecule has 3 aliphatic rings. The van der Waals surface area contributed by atoms with E-state index < -0.39 is 0 Å². The maximum absolute atomic E-state index is 12.7. The summed E-state index contributed by atoms with van der Waals surface area (Å²) in [5, 5.41) is 7.90. The molecule has 2 fully saturated rings. The molecule has 1 aromatic rings. The molecule has 1 N–H and O–H groups in total. The highest BCUT2D eigenvalue weighted by Crippen LogP contribution is 2.42. The Labute approximate surface area is 118 Å². The highest BCUT2D eigenvalue weighted by Gasteiger charge is 2.42. The van der Waals surface area contributed by atoms with Crippen LogP contribution in [-0.4, -0.2) is 41.9 Å². The van der Waals surface area contributed by atoms with Crippen LogP contribution in [0.25, 0.3) is 0 Å². The van der Waals surface area contributed by atoms with E-state index in [4.69, 9.17) is 4.74 Å². The Morgan fingerprint density at radius 3 is 2.95 bits per heavy atom. The van der Waals surface area contributed by atoms with E-state index in [-0.39, 0.29) is 17.2 Å². The molecule has 1 aromatic heterocycles. The van der Waals surface area contributed by atoms with E-state index in [2.05, 4.69) is 10.4 Å². The number of rotatable bonds is 1. The third kappa shape index (κ3) is 1.91. The standard InChI is InChI=1S/C15H21N3O2/c19-13-8-15(2-4-16-5-3-15)7-11-9-17-18(14(11)13)12-1-6-20-10-12/h9,12,16H,1-8,10H2. The van der Waals surface area contributed by atoms with Crippen molar-refractivity contribution in [3.05, 3.63) is 17.5 Å². The molecule has 20 heavy (non-hydrogen) atoms. The average molecular weight is 275 g/mol. The molecule has 1 aliphatic carbocycles. The van der Waals surface area contributed by atoms with Crippen molar-refractivity contribution in [3.8, 4) is 0 Å². The smallest absolute Gasteiger partial charge is 0.181 e. The van der Waals surface area contributed by atoms with Gasteiger partial charge in [0, 0.05) is 18.6 Å². The first-order valence-electron chi connectivity index (χ1n) is 7.66. The van der Waals surface area contributed by atoms with Gasteiger partial charge in [-0.25, -0.2) is 0 Å². The Kier molecular flexibility index (Phi) is 2.93. The second-order valence-electron chi connectivity index (χ2n) is 6.51. The fourth-order valence-electron chi connectivity index (χ4n) is 4.03. The van der Waals surface area contributed by atoms with Crippen LogP contribution < -0.4 is 5.32 Å². The molecule has 2 saturated heterocycles. The van der Waals surface area contributed by atoms with E-state index in [0.717, 1.165) is 56.6 Å². The summed E-state index contributed by atoms with van der Waals surface area (Å²) < 4.78 is 7.38. The molecule has 0 bridgehead atoms. The summed E-state index contributed by atoms with van der Waals surface area (Å²) in [5.41, 5.74) is 2.22. The predicted octanol–water partition coefficient (Wildman–Crippen LogP) is 1.34. The van der Waals surface area contributed by atoms with E-state index in [1.54, 1.807) is 0 Å². The third-order valence-corrected chi connectivity index (χ3v) is 5.15. The summed E-state index contributed by atoms with van der Waals surface area (Å²) in [4.78, 5) is 12.7. The van der Waals surface area contributed by atoms with Gasteiger partial charge in [-0.3, -0.25) is 9.48 Å². The lowest BCUT2D eigenvalue weighted by Gasteiger charge is -2.40. The fourth-order valence-corrected chi connectivity index (χ4v) is 4.03. The predicted molar refractivity (Wildman–Crippen MR) is 73.9 cm³/mol. The van der Waals surface area contributed by atoms with Crippen LogP contribution >= 0.6 is 0 Å². The largest absolute Gasteiger partial charge is 0.379 e. The van der Waals surface area contributed by atoms with E-state index in [1.807, 2.05) is 10.9 Å². The number of nitrogens with zero attached hydrogens (tertiary/aromatic N) is 2. The summed E-state index contributed by atoms with van der Waals surface area (Å²) in [7, 11) is 0. The average Bonchev–Trinajstić information content (AvgIpc) is 3.07. The molecule has 2 aliphatic heterocycles. The van der Waals surface area contributed by atoms with Crippen LogP contribution in [0.3, 0.4) is 0 Å². The zero-order valence-corrected chi connectivity index (χ0v) is 11.7. The summed E-state index contributed by atoms with van der Waals surface area (Å²) in [6.07, 6.45) is 6.82. The first-order valence-corrected chi connectivity index (χ1v) is 7.66. The van der Waals surface area contributed by atoms with Crippen molar-refractivity contribution >= 4 is 5.78 Å². The van der Waals surface area contributed by atoms with Gasteiger partial charge in [-0.05, 0) is 44.2 Å². The molecule has 0 amide bonds. The lowest BCUT2D eigenvalue weighted by atomic mass is 9.67. The van der Waals surface area contributed by atoms with Gasteiger partial charge in [0.1, 0.15) is 5.69 Å². The summed E-state index contributed by atoms with van der Waals surface area (Å²) in [6, 6.07) is 0.254. The van der Waals surface area contributed by atoms with Gasteiger partial charge >= 0.3 is 0 Å². The second-order valence-corrected chi connectivity index (χ2v) is 6.51. The number of Topliss-reactive ketones (excluding diaryl/α,β-unsaturated/α-hetero) is 1. The Hall–Kier alpha value is -1.20. The van der Waals surface area contributed by atoms with Crippen LogP contribution in [0.15, 0.2) is 6.20 Å². The van der Waals surface area contributed by atoms with Crippen LogP contribution in [-0.2, 0) is 11.2 Å². The van der Waals surface area contributed by atoms with Gasteiger partial charge in [0.25, 0.3) is 0 Å². The van der Waals surface area contributed by atoms with Crippen molar-refractivity contribution in [2.24, 2.45) is 5.41 Å². The number of fused-ring (bicyclic) bond motifs is 1. The van der Waals surface area contributed by atoms with E-state index >= 15 is 0 Å². The molecule has 0 aromatic carbocycles. The van der Waals surface area contributed by atoms with Crippen molar-refractivity contribution in [1.82, 2.24) is 15.1 Å². The van der Waals surface area contributed by atoms with E-state index in [0.29, 0.717) is 13.0 Å². The Morgan fingerprint density at radius 2 is 2.20 bits per heavy atom. The molecule has 1 atom stereocenters. The third-order valence-electron chi connectivity index (χ3n) is 5.15. The molecule has 3 heterocycles. The highest BCUT2D eigenvalue weighted by atomic mass is 16.5. The number of carbonyl (C=O) groups excluding carboxylic acids is 1. The van der Waals surface area contributed by atoms with Gasteiger partial charge in [-0.1, -0.05) is 0 Å². The van der Waals surface area contributed by atoms with Crippen LogP contribution in [0.2, 0.25) is 0 Å². The van der Waals surface area contributed by atoms with Gasteiger partial charge in [0.15, 0.2) is 5.78 Å². The number of aromatic nitrogens is 2. The minimum absolute atomic E-state index is 0.190. The minimum Gasteiger partial charge on any atom is -0.379 e. The lowest BCUT2D eigenvalue weighted by molar-refractivity contribution is 0.0819. The van der Waals surface area contributed by atoms with Gasteiger partial charge < -0.3 is 10.1 Å². The van der Waals surface area contributed by atoms with Gasteiger partial charge in [-0.15, -0.1) is 0 Å². The second kappa shape index (κ2) is 4.67. The topological polar surface area (TPSA) is 56.2 Å². The number of piperidine rings is 1. The number of nitrogens with one attached hydrogen (secondary N) is 1. The number of ether oxygens (including phenoxy) is 1. The molecule has 4 rings (SSSR count). The first-order chi connectivity index (χ1) is 9.77. The number of hydrogen-bond acceptors (Lipinski definition) is 4. The maximum atomic E-state index is 12.7. The summed E-state index contributed by atoms with van der Waals surface area (Å²) >= 11 is 0. The normalized spacial score (nSPS) is 28.8. The first kappa shape index (κ1) is 12.5. The highest BCUT2D eigenvalue weighted by molar-refractivity contribution is 5.97. The molecule has 5 heteroatoms. The summed E-state index contributed by atoms with van der Waals surface area (Å²) in [6.45, 7) is 3.54. The molecular formula is C15H21N3O2. The van der Waals surface area contributed by atoms with E-state index in [1.165, 1.54) is 0 Å². The van der Waals surface area contributed by atoms with Crippen LogP contribution in [0.4, 0.5) is 0 Å². The molecule has 1 spiro atoms. The van der Waals surface area contributed by atoms with Crippen molar-refractivity contribution in [2.45, 2.75) is 38.1 Å². The van der Waals surface area contributed by atoms with Gasteiger partial charge in [-0.2, -0.15) is 5.10 Å². The SMILES string of the molecule is O=C1CC2(CCNCC2)Cc2cnn(C3CCOC3)c21. The molecule has 0 radical (unpaired) electrons. The zero-order valence-electron chi connectivity index (χ0n) is 11.7. The van der Waals surface area contributed by atoms with Crippen LogP contribution in [0, 0.1) is 5.41 Å². The molecule has 108 valence electrons. The quantitative estimate of drug-likeness (QED) is 0.840. The Bertz CT molecular complexity index is 525. The molecule has 5 nitrogen and oxygen atoms in total. The minimum atomic E-state index is 0.190. The van der Waals surface area contributed by atoms with Gasteiger partial charge in [0.05, 0.1) is 18.8 Å². The van der Waals surface area contributed by atoms with Crippen molar-refractivity contribution in [1.29, 1.82) is 0 Å². The molecule has 1 unspecified atom stereocenters. The fraction of sp³-hybridized carbons (Fsp3) is 0.733. The number of hydrogen-bond donors (Lipinski definition) is 1. The maximum Gasteiger partial charge on any atom is 0.181 e. The summed E-state index contributed by atoms with van der Waals surface area (Å²) in [5.74, 6) is 0.289. The lowest BCUT2D eigenvalue weighted by Crippen LogP contribution is -2.42. The Balaban J connectivity index is 1.67. The van der Waals surface area contributed by atoms with Crippen LogP contribution in [0.5, 0.6) is 0 Å². The molecule has 0 saturated carbocycles. The van der Waals surface area contributed by atoms with Crippen LogP contribution in [0.1, 0.15) is 47.8 Å². The van der Waals surface area contributed by atoms with Crippen molar-refractivity contribution in [3.63, 3.8) is 0 Å². The number of carbonyl (C=O) groups is 1. The molecular weight excluding hydrogens is 254 g/mol. The zero-order chi connectivity index (χ0) is 13.6. The van der Waals surface area contributed by atoms with Gasteiger partial charge in [0.2, 0.25) is 0 Å². The van der Waals surface area contributed by atoms with E-state index in [9.17, 15) is 4.79 Å². The Morgan fingerprint density at radius 1 is 1.35 bits per heavy atom. The number of ketones is 1. The van der Waals surface area contributed by atoms with Crippen molar-refractivity contribution < 1.29 is 9.53 Å². The monoisotopic (exact) mass is 275 g/mol.